The van der Waals surface area contributed by atoms with Gasteiger partial charge in [-0.05, 0) is 33.1 Å². The monoisotopic (exact) mass is 409 g/mol. The highest BCUT2D eigenvalue weighted by molar-refractivity contribution is 5.79. The van der Waals surface area contributed by atoms with Crippen molar-refractivity contribution in [3.63, 3.8) is 0 Å². The van der Waals surface area contributed by atoms with Gasteiger partial charge < -0.3 is 20.4 Å². The standard InChI is InChI=1S/C21H39N5O3/c1-3-25(4-2)20(28)17-24-13-8-14-26(16-15-24)21(29)22-12-11-19(27)23-18-9-6-5-7-10-18/h18H,3-17H2,1-2H3,(H,22,29)(H,23,27). The van der Waals surface area contributed by atoms with E-state index in [-0.39, 0.29) is 17.8 Å². The minimum Gasteiger partial charge on any atom is -0.353 e. The van der Waals surface area contributed by atoms with Gasteiger partial charge in [-0.15, -0.1) is 0 Å². The molecule has 0 bridgehead atoms. The van der Waals surface area contributed by atoms with Crippen LogP contribution in [0.4, 0.5) is 4.79 Å². The number of likely N-dealkylation sites (N-methyl/N-ethyl adjacent to an activating group) is 1. The van der Waals surface area contributed by atoms with Crippen LogP contribution in [0, 0.1) is 0 Å². The molecule has 2 rings (SSSR count). The van der Waals surface area contributed by atoms with Gasteiger partial charge in [0.25, 0.3) is 0 Å². The summed E-state index contributed by atoms with van der Waals surface area (Å²) >= 11 is 0. The fourth-order valence-electron chi connectivity index (χ4n) is 4.14. The zero-order valence-corrected chi connectivity index (χ0v) is 18.3. The van der Waals surface area contributed by atoms with Crippen molar-refractivity contribution in [3.8, 4) is 0 Å². The van der Waals surface area contributed by atoms with Crippen molar-refractivity contribution in [3.05, 3.63) is 0 Å². The summed E-state index contributed by atoms with van der Waals surface area (Å²) in [5, 5.41) is 5.95. The number of amides is 4. The van der Waals surface area contributed by atoms with Crippen molar-refractivity contribution >= 4 is 17.8 Å². The van der Waals surface area contributed by atoms with Gasteiger partial charge in [0.1, 0.15) is 0 Å². The Balaban J connectivity index is 1.65. The molecule has 8 heteroatoms. The summed E-state index contributed by atoms with van der Waals surface area (Å²) in [7, 11) is 0. The molecule has 0 unspecified atom stereocenters. The van der Waals surface area contributed by atoms with Crippen molar-refractivity contribution in [2.75, 3.05) is 52.4 Å². The smallest absolute Gasteiger partial charge is 0.317 e. The van der Waals surface area contributed by atoms with E-state index in [2.05, 4.69) is 15.5 Å². The zero-order valence-electron chi connectivity index (χ0n) is 18.3. The molecule has 0 aromatic rings. The Hall–Kier alpha value is -1.83. The van der Waals surface area contributed by atoms with E-state index in [1.165, 1.54) is 19.3 Å². The lowest BCUT2D eigenvalue weighted by Gasteiger charge is -2.25. The molecule has 4 amide bonds. The average Bonchev–Trinajstić information content (AvgIpc) is 2.95. The van der Waals surface area contributed by atoms with E-state index >= 15 is 0 Å². The van der Waals surface area contributed by atoms with E-state index in [9.17, 15) is 14.4 Å². The summed E-state index contributed by atoms with van der Waals surface area (Å²) in [4.78, 5) is 42.6. The number of carbonyl (C=O) groups excluding carboxylic acids is 3. The second kappa shape index (κ2) is 12.7. The van der Waals surface area contributed by atoms with Crippen LogP contribution >= 0.6 is 0 Å². The van der Waals surface area contributed by atoms with Gasteiger partial charge in [0.2, 0.25) is 11.8 Å². The molecule has 0 aromatic heterocycles. The van der Waals surface area contributed by atoms with Gasteiger partial charge in [-0.2, -0.15) is 0 Å². The number of hydrogen-bond donors (Lipinski definition) is 2. The molecule has 29 heavy (non-hydrogen) atoms. The van der Waals surface area contributed by atoms with Crippen LogP contribution in [-0.4, -0.2) is 90.9 Å². The Morgan fingerprint density at radius 2 is 1.66 bits per heavy atom. The third-order valence-corrected chi connectivity index (χ3v) is 5.95. The van der Waals surface area contributed by atoms with Crippen LogP contribution < -0.4 is 10.6 Å². The van der Waals surface area contributed by atoms with Crippen molar-refractivity contribution < 1.29 is 14.4 Å². The van der Waals surface area contributed by atoms with Gasteiger partial charge in [0.05, 0.1) is 6.54 Å². The van der Waals surface area contributed by atoms with Gasteiger partial charge in [-0.1, -0.05) is 19.3 Å². The molecule has 8 nitrogen and oxygen atoms in total. The lowest BCUT2D eigenvalue weighted by Crippen LogP contribution is -2.44. The number of carbonyl (C=O) groups is 3. The second-order valence-electron chi connectivity index (χ2n) is 8.07. The van der Waals surface area contributed by atoms with Crippen molar-refractivity contribution in [2.24, 2.45) is 0 Å². The first-order chi connectivity index (χ1) is 14.0. The fraction of sp³-hybridized carbons (Fsp3) is 0.857. The van der Waals surface area contributed by atoms with Crippen LogP contribution in [0.5, 0.6) is 0 Å². The highest BCUT2D eigenvalue weighted by Gasteiger charge is 2.22. The van der Waals surface area contributed by atoms with Crippen LogP contribution in [0.3, 0.4) is 0 Å². The Morgan fingerprint density at radius 1 is 0.931 bits per heavy atom. The normalized spacial score (nSPS) is 18.8. The number of nitrogens with zero attached hydrogens (tertiary/aromatic N) is 3. The first-order valence-corrected chi connectivity index (χ1v) is 11.4. The first kappa shape index (κ1) is 23.4. The fourth-order valence-corrected chi connectivity index (χ4v) is 4.14. The van der Waals surface area contributed by atoms with E-state index in [1.54, 1.807) is 4.90 Å². The van der Waals surface area contributed by atoms with Crippen LogP contribution in [0.25, 0.3) is 0 Å². The van der Waals surface area contributed by atoms with E-state index in [1.807, 2.05) is 18.7 Å². The molecule has 166 valence electrons. The maximum Gasteiger partial charge on any atom is 0.317 e. The number of nitrogens with one attached hydrogen (secondary N) is 2. The molecule has 0 aromatic carbocycles. The minimum absolute atomic E-state index is 0.0224. The number of hydrogen-bond acceptors (Lipinski definition) is 4. The maximum absolute atomic E-state index is 12.4. The molecular weight excluding hydrogens is 370 g/mol. The van der Waals surface area contributed by atoms with E-state index in [4.69, 9.17) is 0 Å². The first-order valence-electron chi connectivity index (χ1n) is 11.4. The highest BCUT2D eigenvalue weighted by atomic mass is 16.2. The predicted octanol–water partition coefficient (Wildman–Crippen LogP) is 1.41. The molecule has 0 spiro atoms. The molecule has 1 aliphatic carbocycles. The van der Waals surface area contributed by atoms with Crippen LogP contribution in [-0.2, 0) is 9.59 Å². The number of rotatable bonds is 8. The van der Waals surface area contributed by atoms with Crippen molar-refractivity contribution in [1.82, 2.24) is 25.3 Å². The Kier molecular flexibility index (Phi) is 10.2. The van der Waals surface area contributed by atoms with Crippen LogP contribution in [0.2, 0.25) is 0 Å². The molecule has 2 fully saturated rings. The van der Waals surface area contributed by atoms with E-state index < -0.39 is 0 Å². The van der Waals surface area contributed by atoms with Crippen LogP contribution in [0.1, 0.15) is 58.8 Å². The average molecular weight is 410 g/mol. The summed E-state index contributed by atoms with van der Waals surface area (Å²) < 4.78 is 0. The third kappa shape index (κ3) is 8.20. The van der Waals surface area contributed by atoms with Gasteiger partial charge in [0, 0.05) is 58.3 Å². The summed E-state index contributed by atoms with van der Waals surface area (Å²) in [6, 6.07) is 0.190. The van der Waals surface area contributed by atoms with Gasteiger partial charge in [-0.25, -0.2) is 4.79 Å². The number of urea groups is 1. The topological polar surface area (TPSA) is 85.0 Å². The Bertz CT molecular complexity index is 532. The lowest BCUT2D eigenvalue weighted by molar-refractivity contribution is -0.132. The molecule has 1 saturated heterocycles. The molecule has 1 aliphatic heterocycles. The van der Waals surface area contributed by atoms with Crippen molar-refractivity contribution in [2.45, 2.75) is 64.8 Å². The molecule has 1 saturated carbocycles. The lowest BCUT2D eigenvalue weighted by atomic mass is 9.95. The molecule has 2 N–H and O–H groups in total. The third-order valence-electron chi connectivity index (χ3n) is 5.95. The van der Waals surface area contributed by atoms with Gasteiger partial charge >= 0.3 is 6.03 Å². The Labute approximate surface area is 175 Å². The minimum atomic E-state index is -0.118. The predicted molar refractivity (Wildman–Crippen MR) is 114 cm³/mol. The largest absolute Gasteiger partial charge is 0.353 e. The summed E-state index contributed by atoms with van der Waals surface area (Å²) in [5.74, 6) is 0.172. The quantitative estimate of drug-likeness (QED) is 0.635. The highest BCUT2D eigenvalue weighted by Crippen LogP contribution is 2.17. The summed E-state index contributed by atoms with van der Waals surface area (Å²) in [5.41, 5.74) is 0. The Morgan fingerprint density at radius 3 is 2.34 bits per heavy atom. The van der Waals surface area contributed by atoms with Crippen LogP contribution in [0.15, 0.2) is 0 Å². The van der Waals surface area contributed by atoms with Gasteiger partial charge in [0.15, 0.2) is 0 Å². The second-order valence-corrected chi connectivity index (χ2v) is 8.07. The SMILES string of the molecule is CCN(CC)C(=O)CN1CCCN(C(=O)NCCC(=O)NC2CCCCC2)CC1. The zero-order chi connectivity index (χ0) is 21.1. The molecule has 0 atom stereocenters. The van der Waals surface area contributed by atoms with Crippen molar-refractivity contribution in [1.29, 1.82) is 0 Å². The van der Waals surface area contributed by atoms with Gasteiger partial charge in [-0.3, -0.25) is 14.5 Å². The van der Waals surface area contributed by atoms with E-state index in [0.717, 1.165) is 38.9 Å². The summed E-state index contributed by atoms with van der Waals surface area (Å²) in [6.45, 7) is 9.01. The molecular formula is C21H39N5O3. The summed E-state index contributed by atoms with van der Waals surface area (Å²) in [6.07, 6.45) is 6.95. The molecule has 1 heterocycles. The maximum atomic E-state index is 12.4. The van der Waals surface area contributed by atoms with E-state index in [0.29, 0.717) is 45.2 Å². The molecule has 0 radical (unpaired) electrons. The molecule has 2 aliphatic rings.